The van der Waals surface area contributed by atoms with Crippen LogP contribution >= 0.6 is 0 Å². The fraction of sp³-hybridized carbons (Fsp3) is 0.571. The third-order valence-electron chi connectivity index (χ3n) is 8.83. The molecule has 40 heavy (non-hydrogen) atoms. The molecule has 2 fully saturated rings. The molecular weight excluding hydrogens is 525 g/mol. The predicted molar refractivity (Wildman–Crippen MR) is 141 cm³/mol. The highest BCUT2D eigenvalue weighted by Gasteiger charge is 2.43. The Morgan fingerprint density at radius 3 is 2.58 bits per heavy atom. The second kappa shape index (κ2) is 10.3. The second-order valence-corrected chi connectivity index (χ2v) is 11.3. The molecule has 1 spiro atoms. The Balaban J connectivity index is 1.21. The van der Waals surface area contributed by atoms with Crippen molar-refractivity contribution in [3.63, 3.8) is 0 Å². The van der Waals surface area contributed by atoms with Crippen molar-refractivity contribution in [1.82, 2.24) is 25.1 Å². The quantitative estimate of drug-likeness (QED) is 0.477. The van der Waals surface area contributed by atoms with E-state index in [1.54, 1.807) is 18.6 Å². The number of methoxy groups -OCH3 is 1. The number of fused-ring (bicyclic) bond motifs is 3. The minimum absolute atomic E-state index is 0.210. The number of hydrogen-bond donors (Lipinski definition) is 1. The number of benzene rings is 1. The number of anilines is 1. The van der Waals surface area contributed by atoms with Crippen molar-refractivity contribution in [2.75, 3.05) is 38.3 Å². The average Bonchev–Trinajstić information content (AvgIpc) is 3.43. The van der Waals surface area contributed by atoms with Crippen LogP contribution in [0.2, 0.25) is 0 Å². The van der Waals surface area contributed by atoms with Gasteiger partial charge < -0.3 is 14.4 Å². The highest BCUT2D eigenvalue weighted by Crippen LogP contribution is 2.42. The molecule has 0 saturated carbocycles. The molecule has 3 aliphatic rings. The third-order valence-corrected chi connectivity index (χ3v) is 8.83. The van der Waals surface area contributed by atoms with Crippen LogP contribution in [0.3, 0.4) is 0 Å². The summed E-state index contributed by atoms with van der Waals surface area (Å²) in [6.45, 7) is 2.59. The molecule has 2 saturated heterocycles. The maximum Gasteiger partial charge on any atom is 0.401 e. The lowest BCUT2D eigenvalue weighted by molar-refractivity contribution is -0.161. The first kappa shape index (κ1) is 26.9. The number of alkyl halides is 3. The van der Waals surface area contributed by atoms with Crippen LogP contribution in [0.25, 0.3) is 10.9 Å². The van der Waals surface area contributed by atoms with Crippen LogP contribution < -0.4 is 4.90 Å². The number of aromatic nitrogens is 4. The minimum Gasteiger partial charge on any atom is -0.469 e. The van der Waals surface area contributed by atoms with E-state index in [9.17, 15) is 18.0 Å². The molecule has 2 aromatic heterocycles. The van der Waals surface area contributed by atoms with E-state index >= 15 is 0 Å². The van der Waals surface area contributed by atoms with E-state index < -0.39 is 18.8 Å². The SMILES string of the molecule is COC(=O)C1CCC2(CCN(c3ncc([C@@H]4c5ccc6[nH]ncc6c5C[C@@H](C)N4CC(F)(F)F)cn3)CC2)OC1. The van der Waals surface area contributed by atoms with Gasteiger partial charge in [-0.1, -0.05) is 6.07 Å². The number of nitrogens with one attached hydrogen (secondary N) is 1. The molecular formula is C28H33F3N6O3. The van der Waals surface area contributed by atoms with Gasteiger partial charge in [-0.25, -0.2) is 9.97 Å². The van der Waals surface area contributed by atoms with Crippen molar-refractivity contribution >= 4 is 22.8 Å². The average molecular weight is 559 g/mol. The van der Waals surface area contributed by atoms with Crippen molar-refractivity contribution in [1.29, 1.82) is 0 Å². The minimum atomic E-state index is -4.34. The summed E-state index contributed by atoms with van der Waals surface area (Å²) in [7, 11) is 1.40. The summed E-state index contributed by atoms with van der Waals surface area (Å²) in [5.74, 6) is 0.121. The van der Waals surface area contributed by atoms with Crippen molar-refractivity contribution in [3.8, 4) is 0 Å². The lowest BCUT2D eigenvalue weighted by Crippen LogP contribution is -2.50. The summed E-state index contributed by atoms with van der Waals surface area (Å²) in [6.07, 6.45) is 4.37. The Morgan fingerprint density at radius 2 is 1.93 bits per heavy atom. The normalized spacial score (nSPS) is 25.2. The predicted octanol–water partition coefficient (Wildman–Crippen LogP) is 4.19. The number of carbonyl (C=O) groups is 1. The fourth-order valence-electron chi connectivity index (χ4n) is 6.61. The van der Waals surface area contributed by atoms with Crippen LogP contribution in [-0.4, -0.2) is 82.2 Å². The van der Waals surface area contributed by atoms with Crippen LogP contribution in [0.1, 0.15) is 55.3 Å². The first-order valence-electron chi connectivity index (χ1n) is 13.7. The third kappa shape index (κ3) is 5.03. The summed E-state index contributed by atoms with van der Waals surface area (Å²) in [6, 6.07) is 2.79. The van der Waals surface area contributed by atoms with Crippen LogP contribution in [0.5, 0.6) is 0 Å². The Bertz CT molecular complexity index is 1360. The molecule has 0 aliphatic carbocycles. The highest BCUT2D eigenvalue weighted by atomic mass is 19.4. The molecule has 0 radical (unpaired) electrons. The lowest BCUT2D eigenvalue weighted by Gasteiger charge is -2.45. The monoisotopic (exact) mass is 558 g/mol. The summed E-state index contributed by atoms with van der Waals surface area (Å²) in [4.78, 5) is 24.7. The van der Waals surface area contributed by atoms with Crippen LogP contribution in [-0.2, 0) is 20.7 Å². The van der Waals surface area contributed by atoms with E-state index in [0.29, 0.717) is 37.6 Å². The zero-order valence-electron chi connectivity index (χ0n) is 22.6. The summed E-state index contributed by atoms with van der Waals surface area (Å²) in [5, 5.41) is 8.04. The van der Waals surface area contributed by atoms with Crippen LogP contribution in [0.4, 0.5) is 19.1 Å². The standard InChI is InChI=1S/C28H33F3N6O3/c1-17-11-21-20(3-4-23-22(21)14-34-35-23)24(37(17)16-28(29,30)31)19-12-32-26(33-13-19)36-9-7-27(8-10-36)6-5-18(15-40-27)25(38)39-2/h3-4,12-14,17-18,24H,5-11,15-16H2,1-2H3,(H,34,35)/t17-,18?,24-/m1/s1. The lowest BCUT2D eigenvalue weighted by atomic mass is 9.82. The Kier molecular flexibility index (Phi) is 6.94. The highest BCUT2D eigenvalue weighted by molar-refractivity contribution is 5.83. The van der Waals surface area contributed by atoms with Gasteiger partial charge in [0, 0.05) is 42.5 Å². The molecule has 5 heterocycles. The van der Waals surface area contributed by atoms with Gasteiger partial charge in [-0.2, -0.15) is 18.3 Å². The van der Waals surface area contributed by atoms with Crippen molar-refractivity contribution in [3.05, 3.63) is 47.4 Å². The van der Waals surface area contributed by atoms with E-state index in [4.69, 9.17) is 9.47 Å². The second-order valence-electron chi connectivity index (χ2n) is 11.3. The van der Waals surface area contributed by atoms with Gasteiger partial charge in [0.2, 0.25) is 5.95 Å². The topological polar surface area (TPSA) is 96.5 Å². The number of H-pyrrole nitrogens is 1. The summed E-state index contributed by atoms with van der Waals surface area (Å²) in [5.41, 5.74) is 3.08. The van der Waals surface area contributed by atoms with Gasteiger partial charge in [0.15, 0.2) is 0 Å². The molecule has 9 nitrogen and oxygen atoms in total. The molecule has 214 valence electrons. The first-order chi connectivity index (χ1) is 19.2. The maximum atomic E-state index is 13.7. The smallest absolute Gasteiger partial charge is 0.401 e. The zero-order valence-corrected chi connectivity index (χ0v) is 22.6. The molecule has 1 aromatic carbocycles. The molecule has 6 rings (SSSR count). The number of nitrogens with zero attached hydrogens (tertiary/aromatic N) is 5. The molecule has 1 unspecified atom stereocenters. The first-order valence-corrected chi connectivity index (χ1v) is 13.7. The number of aromatic amines is 1. The van der Waals surface area contributed by atoms with Gasteiger partial charge in [-0.3, -0.25) is 14.8 Å². The van der Waals surface area contributed by atoms with Gasteiger partial charge in [-0.05, 0) is 56.2 Å². The molecule has 3 aliphatic heterocycles. The van der Waals surface area contributed by atoms with E-state index in [1.807, 2.05) is 19.1 Å². The van der Waals surface area contributed by atoms with Crippen LogP contribution in [0.15, 0.2) is 30.7 Å². The van der Waals surface area contributed by atoms with Gasteiger partial charge in [0.25, 0.3) is 0 Å². The number of carbonyl (C=O) groups excluding carboxylic acids is 1. The fourth-order valence-corrected chi connectivity index (χ4v) is 6.61. The van der Waals surface area contributed by atoms with E-state index in [0.717, 1.165) is 47.7 Å². The molecule has 3 aromatic rings. The van der Waals surface area contributed by atoms with Crippen molar-refractivity contribution < 1.29 is 27.4 Å². The number of esters is 1. The van der Waals surface area contributed by atoms with Gasteiger partial charge in [-0.15, -0.1) is 0 Å². The molecule has 12 heteroatoms. The number of ether oxygens (including phenoxy) is 2. The Labute approximate surface area is 230 Å². The number of piperidine rings is 1. The number of halogens is 3. The number of hydrogen-bond acceptors (Lipinski definition) is 8. The molecule has 1 N–H and O–H groups in total. The van der Waals surface area contributed by atoms with E-state index in [1.165, 1.54) is 12.0 Å². The summed E-state index contributed by atoms with van der Waals surface area (Å²) >= 11 is 0. The Hall–Kier alpha value is -3.25. The zero-order chi connectivity index (χ0) is 28.1. The molecule has 3 atom stereocenters. The maximum absolute atomic E-state index is 13.7. The van der Waals surface area contributed by atoms with Crippen LogP contribution in [0, 0.1) is 5.92 Å². The van der Waals surface area contributed by atoms with E-state index in [-0.39, 0.29) is 23.5 Å². The molecule has 0 bridgehead atoms. The molecule has 0 amide bonds. The van der Waals surface area contributed by atoms with E-state index in [2.05, 4.69) is 25.1 Å². The number of rotatable bonds is 4. The Morgan fingerprint density at radius 1 is 1.18 bits per heavy atom. The van der Waals surface area contributed by atoms with Crippen molar-refractivity contribution in [2.24, 2.45) is 5.92 Å². The van der Waals surface area contributed by atoms with Gasteiger partial charge >= 0.3 is 12.1 Å². The van der Waals surface area contributed by atoms with Gasteiger partial charge in [0.05, 0.1) is 49.5 Å². The summed E-state index contributed by atoms with van der Waals surface area (Å²) < 4.78 is 52.1. The largest absolute Gasteiger partial charge is 0.469 e. The van der Waals surface area contributed by atoms with Gasteiger partial charge in [0.1, 0.15) is 0 Å². The van der Waals surface area contributed by atoms with Crippen molar-refractivity contribution in [2.45, 2.75) is 62.9 Å².